The van der Waals surface area contributed by atoms with Gasteiger partial charge in [0.25, 0.3) is 0 Å². The van der Waals surface area contributed by atoms with Crippen molar-refractivity contribution in [2.24, 2.45) is 0 Å². The summed E-state index contributed by atoms with van der Waals surface area (Å²) in [6.45, 7) is 7.69. The number of amides is 1. The maximum atomic E-state index is 11.9. The predicted octanol–water partition coefficient (Wildman–Crippen LogP) is 4.90. The van der Waals surface area contributed by atoms with Crippen LogP contribution in [0.4, 0.5) is 10.5 Å². The van der Waals surface area contributed by atoms with Crippen LogP contribution < -0.4 is 10.6 Å². The number of ether oxygens (including phenoxy) is 1. The van der Waals surface area contributed by atoms with Crippen molar-refractivity contribution in [3.8, 4) is 0 Å². The molecule has 1 aliphatic carbocycles. The van der Waals surface area contributed by atoms with Gasteiger partial charge < -0.3 is 15.4 Å². The zero-order chi connectivity index (χ0) is 17.0. The molecule has 0 radical (unpaired) electrons. The molecule has 0 saturated heterocycles. The van der Waals surface area contributed by atoms with E-state index in [4.69, 9.17) is 16.3 Å². The second-order valence-electron chi connectivity index (χ2n) is 7.31. The number of aryl methyl sites for hydroxylation is 1. The molecule has 4 nitrogen and oxygen atoms in total. The van der Waals surface area contributed by atoms with Crippen molar-refractivity contribution >= 4 is 23.4 Å². The van der Waals surface area contributed by atoms with Crippen LogP contribution in [-0.4, -0.2) is 23.8 Å². The van der Waals surface area contributed by atoms with Crippen LogP contribution in [0.15, 0.2) is 18.2 Å². The van der Waals surface area contributed by atoms with Gasteiger partial charge in [-0.2, -0.15) is 0 Å². The van der Waals surface area contributed by atoms with Gasteiger partial charge in [-0.25, -0.2) is 4.79 Å². The van der Waals surface area contributed by atoms with Crippen LogP contribution in [0.5, 0.6) is 0 Å². The summed E-state index contributed by atoms with van der Waals surface area (Å²) in [5.74, 6) is 0. The Kier molecular flexibility index (Phi) is 5.79. The number of alkyl carbamates (subject to hydrolysis) is 1. The normalized spacial score (nSPS) is 21.6. The largest absolute Gasteiger partial charge is 0.444 e. The van der Waals surface area contributed by atoms with Crippen LogP contribution in [-0.2, 0) is 4.74 Å². The van der Waals surface area contributed by atoms with E-state index in [1.165, 1.54) is 5.56 Å². The first-order valence-corrected chi connectivity index (χ1v) is 8.63. The Labute approximate surface area is 143 Å². The summed E-state index contributed by atoms with van der Waals surface area (Å²) in [5.41, 5.74) is 1.78. The predicted molar refractivity (Wildman–Crippen MR) is 95.2 cm³/mol. The minimum Gasteiger partial charge on any atom is -0.444 e. The van der Waals surface area contributed by atoms with Gasteiger partial charge in [0.15, 0.2) is 0 Å². The molecule has 1 amide bonds. The van der Waals surface area contributed by atoms with Gasteiger partial charge in [-0.05, 0) is 71.1 Å². The lowest BCUT2D eigenvalue weighted by Gasteiger charge is -2.32. The molecule has 128 valence electrons. The summed E-state index contributed by atoms with van der Waals surface area (Å²) < 4.78 is 5.34. The van der Waals surface area contributed by atoms with Gasteiger partial charge in [-0.15, -0.1) is 0 Å². The highest BCUT2D eigenvalue weighted by molar-refractivity contribution is 6.30. The molecule has 2 N–H and O–H groups in total. The van der Waals surface area contributed by atoms with Crippen LogP contribution >= 0.6 is 11.6 Å². The Morgan fingerprint density at radius 2 is 1.96 bits per heavy atom. The topological polar surface area (TPSA) is 50.4 Å². The number of rotatable bonds is 3. The standard InChI is InChI=1S/C18H27ClN2O2/c1-12-8-9-13(19)10-16(12)20-14-6-5-7-15(11-14)21-17(22)23-18(2,3)4/h8-10,14-15,20H,5-7,11H2,1-4H3,(H,21,22). The number of anilines is 1. The number of hydrogen-bond acceptors (Lipinski definition) is 3. The summed E-state index contributed by atoms with van der Waals surface area (Å²) in [5, 5.41) is 7.29. The molecule has 23 heavy (non-hydrogen) atoms. The number of hydrogen-bond donors (Lipinski definition) is 2. The Balaban J connectivity index is 1.90. The second-order valence-corrected chi connectivity index (χ2v) is 7.75. The zero-order valence-corrected chi connectivity index (χ0v) is 15.2. The van der Waals surface area contributed by atoms with Crippen LogP contribution in [0.1, 0.15) is 52.0 Å². The van der Waals surface area contributed by atoms with Gasteiger partial charge in [-0.1, -0.05) is 17.7 Å². The second kappa shape index (κ2) is 7.43. The smallest absolute Gasteiger partial charge is 0.407 e. The molecule has 1 aromatic rings. The number of carbonyl (C=O) groups excluding carboxylic acids is 1. The fraction of sp³-hybridized carbons (Fsp3) is 0.611. The quantitative estimate of drug-likeness (QED) is 0.824. The average molecular weight is 339 g/mol. The lowest BCUT2D eigenvalue weighted by Crippen LogP contribution is -2.43. The monoisotopic (exact) mass is 338 g/mol. The van der Waals surface area contributed by atoms with E-state index in [0.29, 0.717) is 6.04 Å². The first-order valence-electron chi connectivity index (χ1n) is 8.25. The maximum absolute atomic E-state index is 11.9. The lowest BCUT2D eigenvalue weighted by molar-refractivity contribution is 0.0492. The minimum atomic E-state index is -0.464. The first kappa shape index (κ1) is 17.9. The first-order chi connectivity index (χ1) is 10.7. The van der Waals surface area contributed by atoms with Crippen molar-refractivity contribution in [1.29, 1.82) is 0 Å². The van der Waals surface area contributed by atoms with E-state index < -0.39 is 5.60 Å². The molecule has 1 aromatic carbocycles. The molecule has 0 aromatic heterocycles. The van der Waals surface area contributed by atoms with Gasteiger partial charge in [0.05, 0.1) is 0 Å². The van der Waals surface area contributed by atoms with E-state index in [0.717, 1.165) is 36.4 Å². The summed E-state index contributed by atoms with van der Waals surface area (Å²) >= 11 is 6.08. The van der Waals surface area contributed by atoms with Crippen LogP contribution in [0.3, 0.4) is 0 Å². The van der Waals surface area contributed by atoms with Gasteiger partial charge in [0, 0.05) is 22.8 Å². The van der Waals surface area contributed by atoms with E-state index in [1.807, 2.05) is 39.0 Å². The van der Waals surface area contributed by atoms with Gasteiger partial charge in [-0.3, -0.25) is 0 Å². The molecule has 0 heterocycles. The molecule has 5 heteroatoms. The highest BCUT2D eigenvalue weighted by atomic mass is 35.5. The molecular formula is C18H27ClN2O2. The van der Waals surface area contributed by atoms with Crippen molar-refractivity contribution in [3.63, 3.8) is 0 Å². The fourth-order valence-corrected chi connectivity index (χ4v) is 3.07. The van der Waals surface area contributed by atoms with E-state index in [-0.39, 0.29) is 12.1 Å². The highest BCUT2D eigenvalue weighted by Crippen LogP contribution is 2.26. The van der Waals surface area contributed by atoms with Gasteiger partial charge >= 0.3 is 6.09 Å². The van der Waals surface area contributed by atoms with Crippen LogP contribution in [0.25, 0.3) is 0 Å². The molecule has 0 bridgehead atoms. The Bertz CT molecular complexity index is 554. The number of benzene rings is 1. The third-order valence-electron chi connectivity index (χ3n) is 3.95. The molecule has 0 spiro atoms. The fourth-order valence-electron chi connectivity index (χ4n) is 2.90. The third-order valence-corrected chi connectivity index (χ3v) is 4.19. The van der Waals surface area contributed by atoms with Gasteiger partial charge in [0.1, 0.15) is 5.60 Å². The SMILES string of the molecule is Cc1ccc(Cl)cc1NC1CCCC(NC(=O)OC(C)(C)C)C1. The van der Waals surface area contributed by atoms with Crippen molar-refractivity contribution in [3.05, 3.63) is 28.8 Å². The van der Waals surface area contributed by atoms with Crippen molar-refractivity contribution in [1.82, 2.24) is 5.32 Å². The molecule has 2 unspecified atom stereocenters. The van der Waals surface area contributed by atoms with E-state index in [9.17, 15) is 4.79 Å². The van der Waals surface area contributed by atoms with Crippen molar-refractivity contribution in [2.75, 3.05) is 5.32 Å². The zero-order valence-electron chi connectivity index (χ0n) is 14.4. The molecular weight excluding hydrogens is 312 g/mol. The highest BCUT2D eigenvalue weighted by Gasteiger charge is 2.25. The molecule has 0 aliphatic heterocycles. The van der Waals surface area contributed by atoms with Crippen molar-refractivity contribution < 1.29 is 9.53 Å². The van der Waals surface area contributed by atoms with E-state index >= 15 is 0 Å². The van der Waals surface area contributed by atoms with E-state index in [2.05, 4.69) is 17.6 Å². The molecule has 1 saturated carbocycles. The van der Waals surface area contributed by atoms with Crippen LogP contribution in [0, 0.1) is 6.92 Å². The minimum absolute atomic E-state index is 0.149. The number of carbonyl (C=O) groups is 1. The molecule has 1 fully saturated rings. The lowest BCUT2D eigenvalue weighted by atomic mass is 9.90. The molecule has 1 aliphatic rings. The number of nitrogens with one attached hydrogen (secondary N) is 2. The Hall–Kier alpha value is -1.42. The maximum Gasteiger partial charge on any atom is 0.407 e. The van der Waals surface area contributed by atoms with E-state index in [1.54, 1.807) is 0 Å². The number of halogens is 1. The average Bonchev–Trinajstić information content (AvgIpc) is 2.41. The summed E-state index contributed by atoms with van der Waals surface area (Å²) in [4.78, 5) is 11.9. The van der Waals surface area contributed by atoms with Crippen molar-refractivity contribution in [2.45, 2.75) is 71.1 Å². The summed E-state index contributed by atoms with van der Waals surface area (Å²) in [7, 11) is 0. The van der Waals surface area contributed by atoms with Crippen LogP contribution in [0.2, 0.25) is 5.02 Å². The summed E-state index contributed by atoms with van der Waals surface area (Å²) in [6.07, 6.45) is 3.73. The summed E-state index contributed by atoms with van der Waals surface area (Å²) in [6, 6.07) is 6.36. The molecule has 2 atom stereocenters. The molecule has 2 rings (SSSR count). The van der Waals surface area contributed by atoms with Gasteiger partial charge in [0.2, 0.25) is 0 Å². The third kappa shape index (κ3) is 5.94. The Morgan fingerprint density at radius 1 is 1.26 bits per heavy atom. The Morgan fingerprint density at radius 3 is 2.65 bits per heavy atom.